The van der Waals surface area contributed by atoms with E-state index in [2.05, 4.69) is 10.6 Å². The highest BCUT2D eigenvalue weighted by Gasteiger charge is 2.37. The zero-order chi connectivity index (χ0) is 30.4. The first-order valence-corrected chi connectivity index (χ1v) is 12.7. The van der Waals surface area contributed by atoms with E-state index < -0.39 is 40.9 Å². The van der Waals surface area contributed by atoms with Gasteiger partial charge in [-0.25, -0.2) is 9.69 Å². The van der Waals surface area contributed by atoms with Crippen LogP contribution in [0.15, 0.2) is 66.2 Å². The molecule has 0 unspecified atom stereocenters. The Morgan fingerprint density at radius 1 is 1.07 bits per heavy atom. The Morgan fingerprint density at radius 2 is 1.83 bits per heavy atom. The zero-order valence-corrected chi connectivity index (χ0v) is 23.0. The summed E-state index contributed by atoms with van der Waals surface area (Å²) in [6.45, 7) is 1.46. The van der Waals surface area contributed by atoms with Crippen LogP contribution >= 0.6 is 11.6 Å². The van der Waals surface area contributed by atoms with E-state index in [0.29, 0.717) is 16.3 Å². The Labute approximate surface area is 243 Å². The van der Waals surface area contributed by atoms with Crippen LogP contribution < -0.4 is 29.7 Å². The number of anilines is 2. The van der Waals surface area contributed by atoms with Gasteiger partial charge < -0.3 is 19.5 Å². The number of barbiturate groups is 1. The van der Waals surface area contributed by atoms with Crippen molar-refractivity contribution in [2.45, 2.75) is 6.92 Å². The number of carbonyl (C=O) groups is 4. The second-order valence-electron chi connectivity index (χ2n) is 8.53. The van der Waals surface area contributed by atoms with Gasteiger partial charge in [-0.1, -0.05) is 29.8 Å². The number of hydrogen-bond donors (Lipinski definition) is 2. The fraction of sp³-hybridized carbons (Fsp3) is 0.143. The molecule has 0 aromatic heterocycles. The first-order valence-electron chi connectivity index (χ1n) is 12.3. The molecule has 1 fully saturated rings. The van der Waals surface area contributed by atoms with Gasteiger partial charge in [0, 0.05) is 12.1 Å². The molecular formula is C28H23ClN4O9. The number of nitrogens with zero attached hydrogens (tertiary/aromatic N) is 2. The summed E-state index contributed by atoms with van der Waals surface area (Å²) < 4.78 is 16.5. The molecule has 13 nitrogen and oxygen atoms in total. The van der Waals surface area contributed by atoms with Crippen molar-refractivity contribution in [3.8, 4) is 17.2 Å². The van der Waals surface area contributed by atoms with E-state index in [1.165, 1.54) is 43.5 Å². The van der Waals surface area contributed by atoms with Crippen LogP contribution in [0.2, 0.25) is 5.02 Å². The molecule has 4 rings (SSSR count). The second kappa shape index (κ2) is 12.8. The van der Waals surface area contributed by atoms with Crippen molar-refractivity contribution >= 4 is 58.5 Å². The van der Waals surface area contributed by atoms with Gasteiger partial charge in [0.05, 0.1) is 35.0 Å². The van der Waals surface area contributed by atoms with E-state index in [1.54, 1.807) is 31.2 Å². The number of ether oxygens (including phenoxy) is 3. The fourth-order valence-electron chi connectivity index (χ4n) is 3.95. The predicted octanol–water partition coefficient (Wildman–Crippen LogP) is 4.34. The first kappa shape index (κ1) is 29.6. The first-order chi connectivity index (χ1) is 20.1. The lowest BCUT2D eigenvalue weighted by Crippen LogP contribution is -2.54. The van der Waals surface area contributed by atoms with Gasteiger partial charge in [0.2, 0.25) is 0 Å². The third kappa shape index (κ3) is 6.47. The molecule has 3 aromatic rings. The molecule has 2 N–H and O–H groups in total. The SMILES string of the molecule is CCOc1cc(/C=C2/C(=O)NC(=O)N(c3cccc([N+](=O)[O-])c3)C2=O)cc(Cl)c1OCC(=O)Nc1ccccc1OC. The molecule has 14 heteroatoms. The van der Waals surface area contributed by atoms with E-state index in [4.69, 9.17) is 25.8 Å². The average Bonchev–Trinajstić information content (AvgIpc) is 2.95. The minimum absolute atomic E-state index is 0.00757. The smallest absolute Gasteiger partial charge is 0.335 e. The largest absolute Gasteiger partial charge is 0.495 e. The van der Waals surface area contributed by atoms with Gasteiger partial charge in [-0.05, 0) is 48.9 Å². The lowest BCUT2D eigenvalue weighted by molar-refractivity contribution is -0.384. The lowest BCUT2D eigenvalue weighted by Gasteiger charge is -2.26. The van der Waals surface area contributed by atoms with E-state index in [-0.39, 0.29) is 40.1 Å². The number of halogens is 1. The van der Waals surface area contributed by atoms with Gasteiger partial charge in [-0.15, -0.1) is 0 Å². The van der Waals surface area contributed by atoms with E-state index in [1.807, 2.05) is 0 Å². The molecule has 0 aliphatic carbocycles. The molecular weight excluding hydrogens is 572 g/mol. The van der Waals surface area contributed by atoms with Crippen LogP contribution in [-0.2, 0) is 14.4 Å². The number of rotatable bonds is 10. The van der Waals surface area contributed by atoms with Crippen LogP contribution in [0.1, 0.15) is 12.5 Å². The number of nitro benzene ring substituents is 1. The van der Waals surface area contributed by atoms with Crippen LogP contribution in [0.5, 0.6) is 17.2 Å². The molecule has 1 aliphatic rings. The van der Waals surface area contributed by atoms with Gasteiger partial charge in [0.15, 0.2) is 18.1 Å². The van der Waals surface area contributed by atoms with Crippen molar-refractivity contribution in [1.82, 2.24) is 5.32 Å². The quantitative estimate of drug-likeness (QED) is 0.150. The van der Waals surface area contributed by atoms with Crippen LogP contribution in [0.3, 0.4) is 0 Å². The lowest BCUT2D eigenvalue weighted by atomic mass is 10.1. The predicted molar refractivity (Wildman–Crippen MR) is 152 cm³/mol. The highest BCUT2D eigenvalue weighted by molar-refractivity contribution is 6.39. The molecule has 1 heterocycles. The highest BCUT2D eigenvalue weighted by Crippen LogP contribution is 2.38. The van der Waals surface area contributed by atoms with Crippen molar-refractivity contribution in [2.24, 2.45) is 0 Å². The van der Waals surface area contributed by atoms with Gasteiger partial charge in [0.1, 0.15) is 11.3 Å². The summed E-state index contributed by atoms with van der Waals surface area (Å²) in [5.74, 6) is -1.86. The number of nitro groups is 1. The maximum absolute atomic E-state index is 13.2. The molecule has 216 valence electrons. The number of nitrogens with one attached hydrogen (secondary N) is 2. The van der Waals surface area contributed by atoms with Crippen LogP contribution in [-0.4, -0.2) is 49.0 Å². The number of urea groups is 1. The number of methoxy groups -OCH3 is 1. The van der Waals surface area contributed by atoms with Crippen molar-refractivity contribution in [1.29, 1.82) is 0 Å². The number of hydrogen-bond acceptors (Lipinski definition) is 9. The number of amides is 5. The van der Waals surface area contributed by atoms with Crippen molar-refractivity contribution in [2.75, 3.05) is 30.5 Å². The minimum atomic E-state index is -1.06. The summed E-state index contributed by atoms with van der Waals surface area (Å²) in [5, 5.41) is 15.9. The summed E-state index contributed by atoms with van der Waals surface area (Å²) >= 11 is 6.45. The Morgan fingerprint density at radius 3 is 2.55 bits per heavy atom. The number of para-hydroxylation sites is 2. The zero-order valence-electron chi connectivity index (χ0n) is 22.2. The highest BCUT2D eigenvalue weighted by atomic mass is 35.5. The second-order valence-corrected chi connectivity index (χ2v) is 8.94. The fourth-order valence-corrected chi connectivity index (χ4v) is 4.22. The molecule has 0 saturated carbocycles. The summed E-state index contributed by atoms with van der Waals surface area (Å²) in [6, 6.07) is 13.4. The summed E-state index contributed by atoms with van der Waals surface area (Å²) in [7, 11) is 1.47. The number of carbonyl (C=O) groups excluding carboxylic acids is 4. The maximum atomic E-state index is 13.2. The molecule has 0 radical (unpaired) electrons. The average molecular weight is 595 g/mol. The molecule has 0 atom stereocenters. The van der Waals surface area contributed by atoms with Crippen molar-refractivity contribution < 1.29 is 38.3 Å². The van der Waals surface area contributed by atoms with Crippen molar-refractivity contribution in [3.63, 3.8) is 0 Å². The van der Waals surface area contributed by atoms with Gasteiger partial charge in [-0.3, -0.25) is 29.8 Å². The van der Waals surface area contributed by atoms with E-state index in [0.717, 1.165) is 6.07 Å². The summed E-state index contributed by atoms with van der Waals surface area (Å²) in [5.41, 5.74) is -0.213. The van der Waals surface area contributed by atoms with E-state index in [9.17, 15) is 29.3 Å². The molecule has 3 aromatic carbocycles. The number of non-ortho nitro benzene ring substituents is 1. The van der Waals surface area contributed by atoms with E-state index >= 15 is 0 Å². The summed E-state index contributed by atoms with van der Waals surface area (Å²) in [4.78, 5) is 62.0. The Bertz CT molecular complexity index is 1620. The number of benzene rings is 3. The summed E-state index contributed by atoms with van der Waals surface area (Å²) in [6.07, 6.45) is 1.18. The monoisotopic (exact) mass is 594 g/mol. The Kier molecular flexibility index (Phi) is 9.02. The minimum Gasteiger partial charge on any atom is -0.495 e. The van der Waals surface area contributed by atoms with Crippen LogP contribution in [0.4, 0.5) is 21.9 Å². The topological polar surface area (TPSA) is 166 Å². The third-order valence-corrected chi connectivity index (χ3v) is 6.05. The van der Waals surface area contributed by atoms with Gasteiger partial charge >= 0.3 is 6.03 Å². The number of imide groups is 2. The normalized spacial score (nSPS) is 13.9. The standard InChI is InChI=1S/C28H23ClN4O9/c1-3-41-23-13-16(12-20(29)25(23)42-15-24(34)30-21-9-4-5-10-22(21)40-2)11-19-26(35)31-28(37)32(27(19)36)17-7-6-8-18(14-17)33(38)39/h4-14H,3,15H2,1-2H3,(H,30,34)(H,31,35,37)/b19-11-. The molecule has 42 heavy (non-hydrogen) atoms. The molecule has 5 amide bonds. The third-order valence-electron chi connectivity index (χ3n) is 5.77. The van der Waals surface area contributed by atoms with Gasteiger partial charge in [-0.2, -0.15) is 0 Å². The van der Waals surface area contributed by atoms with Crippen LogP contribution in [0, 0.1) is 10.1 Å². The molecule has 0 bridgehead atoms. The molecule has 0 spiro atoms. The Balaban J connectivity index is 1.59. The Hall–Kier alpha value is -5.43. The van der Waals surface area contributed by atoms with Crippen LogP contribution in [0.25, 0.3) is 6.08 Å². The maximum Gasteiger partial charge on any atom is 0.335 e. The molecule has 1 saturated heterocycles. The van der Waals surface area contributed by atoms with Gasteiger partial charge in [0.25, 0.3) is 23.4 Å². The molecule has 1 aliphatic heterocycles. The van der Waals surface area contributed by atoms with Crippen molar-refractivity contribution in [3.05, 3.63) is 86.9 Å².